The molecule has 10 heterocycles. The van der Waals surface area contributed by atoms with Crippen molar-refractivity contribution >= 4 is 43.9 Å². The van der Waals surface area contributed by atoms with Gasteiger partial charge in [-0.1, -0.05) is 250 Å². The number of para-hydroxylation sites is 2. The predicted molar refractivity (Wildman–Crippen MR) is 547 cm³/mol. The van der Waals surface area contributed by atoms with Crippen LogP contribution in [-0.2, 0) is 103 Å². The van der Waals surface area contributed by atoms with Crippen molar-refractivity contribution in [1.29, 1.82) is 0 Å². The molecular formula is C123H106Ir4N8O2-8. The second-order valence-electron chi connectivity index (χ2n) is 35.2. The first kappa shape index (κ1) is 106. The van der Waals surface area contributed by atoms with Crippen LogP contribution in [0.3, 0.4) is 0 Å². The van der Waals surface area contributed by atoms with E-state index >= 15 is 0 Å². The number of hydrogen-bond acceptors (Lipinski definition) is 10. The molecule has 0 atom stereocenters. The molecule has 4 radical (unpaired) electrons. The summed E-state index contributed by atoms with van der Waals surface area (Å²) >= 11 is 0. The molecule has 21 rings (SSSR count). The average molecular weight is 2500 g/mol. The Bertz CT molecular complexity index is 6950. The Kier molecular flexibility index (Phi) is 40.4. The van der Waals surface area contributed by atoms with Gasteiger partial charge in [0.15, 0.2) is 0 Å². The van der Waals surface area contributed by atoms with E-state index in [-0.39, 0.29) is 96.7 Å². The van der Waals surface area contributed by atoms with Gasteiger partial charge in [0.05, 0.1) is 11.2 Å². The molecule has 0 aliphatic rings. The fraction of sp³-hybridized carbons (Fsp3) is 0.138. The maximum atomic E-state index is 5.97. The fourth-order valence-electron chi connectivity index (χ4n) is 14.4. The normalized spacial score (nSPS) is 10.6. The molecule has 0 amide bonds. The summed E-state index contributed by atoms with van der Waals surface area (Å²) in [5.41, 5.74) is 28.4. The molecule has 0 spiro atoms. The molecule has 0 N–H and O–H groups in total. The number of hydrogen-bond donors (Lipinski definition) is 0. The van der Waals surface area contributed by atoms with Gasteiger partial charge in [-0.3, -0.25) is 0 Å². The maximum absolute atomic E-state index is 5.97. The summed E-state index contributed by atoms with van der Waals surface area (Å²) in [6.07, 6.45) is 16.0. The van der Waals surface area contributed by atoms with Crippen LogP contribution in [0.1, 0.15) is 104 Å². The van der Waals surface area contributed by atoms with Crippen LogP contribution in [0.15, 0.2) is 416 Å². The molecule has 14 heteroatoms. The molecule has 0 bridgehead atoms. The number of benzene rings is 11. The molecule has 0 fully saturated rings. The topological polar surface area (TPSA) is 129 Å². The number of nitrogens with zero attached hydrogens (tertiary/aromatic N) is 8. The molecule has 10 aromatic heterocycles. The van der Waals surface area contributed by atoms with Crippen LogP contribution >= 0.6 is 0 Å². The minimum Gasteiger partial charge on any atom is -0.501 e. The van der Waals surface area contributed by atoms with E-state index in [0.717, 1.165) is 140 Å². The Morgan fingerprint density at radius 1 is 0.255 bits per heavy atom. The van der Waals surface area contributed by atoms with Gasteiger partial charge in [0.1, 0.15) is 11.2 Å². The summed E-state index contributed by atoms with van der Waals surface area (Å²) in [6.45, 7) is 26.3. The van der Waals surface area contributed by atoms with Gasteiger partial charge < -0.3 is 48.7 Å². The molecule has 137 heavy (non-hydrogen) atoms. The van der Waals surface area contributed by atoms with Gasteiger partial charge >= 0.3 is 0 Å². The summed E-state index contributed by atoms with van der Waals surface area (Å²) in [7, 11) is 0. The molecule has 10 nitrogen and oxygen atoms in total. The van der Waals surface area contributed by atoms with Crippen LogP contribution in [0.25, 0.3) is 145 Å². The second kappa shape index (κ2) is 52.2. The van der Waals surface area contributed by atoms with E-state index in [0.29, 0.717) is 5.92 Å². The Morgan fingerprint density at radius 2 is 0.613 bits per heavy atom. The SMILES string of the molecule is CC(C)(C)c1ccc(-c2[c-]cccc2)nc1.CC(C)(C)c1ccnc(-c2[c-]ccc(-c3ccccc3)c2)c1.CC(C)(C)c1ccnc(-c2[c-]cccc2)c1.CC(C)Cc1ccc(-c2[c-]cccc2)nc1.Cc1ccc(-c2[c-]cccc2)nc1.[Ir].[Ir].[Ir].[Ir].[c-]1ccc2c(oc3ccccc32)c1-c1ccccn1.[c-]1ccc2c(oc3ccccc32)c1-c1ccccn1.[c-]1ccccc1-c1ccccn1. The van der Waals surface area contributed by atoms with Crippen LogP contribution in [0.4, 0.5) is 0 Å². The first-order valence-corrected chi connectivity index (χ1v) is 44.7. The van der Waals surface area contributed by atoms with Gasteiger partial charge in [0.2, 0.25) is 0 Å². The van der Waals surface area contributed by atoms with Gasteiger partial charge in [-0.15, -0.1) is 251 Å². The van der Waals surface area contributed by atoms with E-state index in [4.69, 9.17) is 8.83 Å². The van der Waals surface area contributed by atoms with Gasteiger partial charge in [-0.25, -0.2) is 0 Å². The first-order valence-electron chi connectivity index (χ1n) is 44.7. The maximum Gasteiger partial charge on any atom is 0.120 e. The van der Waals surface area contributed by atoms with Crippen molar-refractivity contribution in [2.24, 2.45) is 5.92 Å². The zero-order chi connectivity index (χ0) is 92.8. The van der Waals surface area contributed by atoms with Gasteiger partial charge in [-0.05, 0) is 157 Å². The van der Waals surface area contributed by atoms with Crippen LogP contribution in [0.5, 0.6) is 0 Å². The van der Waals surface area contributed by atoms with Gasteiger partial charge in [0, 0.05) is 141 Å². The van der Waals surface area contributed by atoms with Crippen LogP contribution in [-0.4, -0.2) is 39.9 Å². The third-order valence-corrected chi connectivity index (χ3v) is 21.6. The van der Waals surface area contributed by atoms with Crippen molar-refractivity contribution in [3.8, 4) is 101 Å². The number of pyridine rings is 8. The molecule has 0 saturated carbocycles. The second-order valence-corrected chi connectivity index (χ2v) is 35.2. The zero-order valence-corrected chi connectivity index (χ0v) is 88.3. The Morgan fingerprint density at radius 3 is 0.993 bits per heavy atom. The summed E-state index contributed by atoms with van der Waals surface area (Å²) < 4.78 is 11.9. The molecular weight excluding hydrogens is 2390 g/mol. The monoisotopic (exact) mass is 2500 g/mol. The van der Waals surface area contributed by atoms with Crippen LogP contribution in [0, 0.1) is 61.4 Å². The summed E-state index contributed by atoms with van der Waals surface area (Å²) in [6, 6.07) is 144. The van der Waals surface area contributed by atoms with E-state index in [1.165, 1.54) is 38.9 Å². The van der Waals surface area contributed by atoms with E-state index in [1.807, 2.05) is 293 Å². The predicted octanol–water partition coefficient (Wildman–Crippen LogP) is 31.2. The number of furan rings is 2. The Balaban J connectivity index is 0.000000162. The number of rotatable bonds is 11. The van der Waals surface area contributed by atoms with Gasteiger partial charge in [-0.2, -0.15) is 0 Å². The van der Waals surface area contributed by atoms with Crippen molar-refractivity contribution in [3.63, 3.8) is 0 Å². The fourth-order valence-corrected chi connectivity index (χ4v) is 14.4. The van der Waals surface area contributed by atoms with Crippen molar-refractivity contribution in [2.45, 2.75) is 106 Å². The summed E-state index contributed by atoms with van der Waals surface area (Å²) in [4.78, 5) is 35.2. The number of aryl methyl sites for hydroxylation is 1. The third kappa shape index (κ3) is 30.4. The van der Waals surface area contributed by atoms with E-state index in [2.05, 4.69) is 268 Å². The number of aromatic nitrogens is 8. The third-order valence-electron chi connectivity index (χ3n) is 21.6. The Hall–Kier alpha value is -13.2. The van der Waals surface area contributed by atoms with Crippen molar-refractivity contribution in [3.05, 3.63) is 484 Å². The molecule has 0 saturated heterocycles. The van der Waals surface area contributed by atoms with E-state index < -0.39 is 0 Å². The first-order chi connectivity index (χ1) is 64.6. The molecule has 21 aromatic rings. The van der Waals surface area contributed by atoms with E-state index in [9.17, 15) is 0 Å². The van der Waals surface area contributed by atoms with Crippen molar-refractivity contribution in [1.82, 2.24) is 39.9 Å². The largest absolute Gasteiger partial charge is 0.501 e. The smallest absolute Gasteiger partial charge is 0.120 e. The minimum absolute atomic E-state index is 0. The van der Waals surface area contributed by atoms with Crippen molar-refractivity contribution in [2.75, 3.05) is 0 Å². The minimum atomic E-state index is 0. The zero-order valence-electron chi connectivity index (χ0n) is 78.7. The number of fused-ring (bicyclic) bond motifs is 6. The molecule has 0 unspecified atom stereocenters. The average Bonchev–Trinajstić information content (AvgIpc) is 1.62. The summed E-state index contributed by atoms with van der Waals surface area (Å²) in [5.74, 6) is 0.677. The molecule has 694 valence electrons. The van der Waals surface area contributed by atoms with E-state index in [1.54, 1.807) is 18.6 Å². The van der Waals surface area contributed by atoms with Gasteiger partial charge in [0.25, 0.3) is 0 Å². The molecule has 11 aromatic carbocycles. The van der Waals surface area contributed by atoms with Crippen LogP contribution < -0.4 is 0 Å². The van der Waals surface area contributed by atoms with Crippen LogP contribution in [0.2, 0.25) is 0 Å². The molecule has 0 aliphatic carbocycles. The standard InChI is InChI=1S/C21H20N.2C17H10NO.3C15H16N.C12H10N.C11H8N.4Ir/c1-21(2,3)19-12-13-22-20(15-19)18-11-7-10-17(14-18)16-8-5-4-6-9-16;2*1-2-10-16-12(6-1)13-7-5-8-14(17(13)19-16)15-9-3-4-11-18-15;1-15(2,3)13-9-10-16-14(11-13)12-7-5-4-6-8-12;1-15(2,3)13-9-10-14(16-11-13)12-7-5-4-6-8-12;1-12(2)10-13-8-9-15(16-11-13)14-6-4-3-5-7-14;1-10-7-8-12(13-9-10)11-5-3-2-4-6-11;1-2-6-10(7-3-1)11-8-4-5-9-12-11;;;;/h4-10,12-15H,1-3H3;2*1-7,9-11H;2*4-7,9-11H,1-3H3;3-6,8-9,11-12H,10H2,1-2H3;2-5,7-9H,1H3;1-6,8-9H;;;;/q8*-1;;;;. The Labute approximate surface area is 862 Å². The molecule has 0 aliphatic heterocycles. The quantitative estimate of drug-likeness (QED) is 0.115. The summed E-state index contributed by atoms with van der Waals surface area (Å²) in [5, 5.41) is 4.47. The van der Waals surface area contributed by atoms with Crippen molar-refractivity contribution < 1.29 is 89.3 Å².